The summed E-state index contributed by atoms with van der Waals surface area (Å²) in [5.41, 5.74) is -0.375. The molecular formula is C14H16F2N2O3. The fourth-order valence-corrected chi connectivity index (χ4v) is 2.28. The highest BCUT2D eigenvalue weighted by molar-refractivity contribution is 6.39. The first-order valence-corrected chi connectivity index (χ1v) is 6.62. The fourth-order valence-electron chi connectivity index (χ4n) is 2.28. The number of halogens is 2. The number of aliphatic hydroxyl groups is 1. The Kier molecular flexibility index (Phi) is 4.52. The molecule has 114 valence electrons. The first-order valence-electron chi connectivity index (χ1n) is 6.62. The number of benzene rings is 1. The molecule has 2 unspecified atom stereocenters. The number of nitrogens with zero attached hydrogens (tertiary/aromatic N) is 1. The molecule has 1 aromatic rings. The molecule has 5 nitrogen and oxygen atoms in total. The molecular weight excluding hydrogens is 282 g/mol. The second-order valence-electron chi connectivity index (χ2n) is 5.12. The van der Waals surface area contributed by atoms with Gasteiger partial charge in [0.15, 0.2) is 0 Å². The Morgan fingerprint density at radius 2 is 2.14 bits per heavy atom. The van der Waals surface area contributed by atoms with Gasteiger partial charge >= 0.3 is 11.8 Å². The van der Waals surface area contributed by atoms with Crippen molar-refractivity contribution >= 4 is 17.5 Å². The summed E-state index contributed by atoms with van der Waals surface area (Å²) in [6.07, 6.45) is 0.0388. The van der Waals surface area contributed by atoms with Crippen LogP contribution in [-0.4, -0.2) is 41.0 Å². The lowest BCUT2D eigenvalue weighted by Crippen LogP contribution is -2.39. The van der Waals surface area contributed by atoms with Gasteiger partial charge in [0.25, 0.3) is 0 Å². The van der Waals surface area contributed by atoms with Crippen molar-refractivity contribution in [1.29, 1.82) is 0 Å². The van der Waals surface area contributed by atoms with Crippen molar-refractivity contribution in [2.75, 3.05) is 18.4 Å². The molecule has 0 aliphatic carbocycles. The zero-order chi connectivity index (χ0) is 15.6. The quantitative estimate of drug-likeness (QED) is 0.804. The number of nitrogens with one attached hydrogen (secondary N) is 1. The Bertz CT molecular complexity index is 563. The van der Waals surface area contributed by atoms with E-state index in [4.69, 9.17) is 0 Å². The number of anilines is 1. The predicted octanol–water partition coefficient (Wildman–Crippen LogP) is 1.13. The van der Waals surface area contributed by atoms with Crippen LogP contribution >= 0.6 is 0 Å². The standard InChI is InChI=1S/C14H16F2N2O3/c1-8(19)9-4-5-18(7-9)14(21)13(20)17-12-6-10(15)2-3-11(12)16/h2-3,6,8-9,19H,4-5,7H2,1H3,(H,17,20). The van der Waals surface area contributed by atoms with Crippen LogP contribution in [0.3, 0.4) is 0 Å². The molecule has 1 aromatic carbocycles. The number of amides is 2. The van der Waals surface area contributed by atoms with E-state index in [1.165, 1.54) is 4.90 Å². The minimum Gasteiger partial charge on any atom is -0.393 e. The zero-order valence-corrected chi connectivity index (χ0v) is 11.5. The van der Waals surface area contributed by atoms with Crippen molar-refractivity contribution in [2.24, 2.45) is 5.92 Å². The lowest BCUT2D eigenvalue weighted by molar-refractivity contribution is -0.142. The summed E-state index contributed by atoms with van der Waals surface area (Å²) in [5, 5.41) is 11.5. The van der Waals surface area contributed by atoms with Crippen LogP contribution in [-0.2, 0) is 9.59 Å². The first-order chi connectivity index (χ1) is 9.88. The van der Waals surface area contributed by atoms with Gasteiger partial charge in [0, 0.05) is 25.1 Å². The van der Waals surface area contributed by atoms with Gasteiger partial charge in [-0.1, -0.05) is 0 Å². The molecule has 1 aliphatic rings. The van der Waals surface area contributed by atoms with Crippen LogP contribution in [0.2, 0.25) is 0 Å². The van der Waals surface area contributed by atoms with Crippen LogP contribution in [0, 0.1) is 17.6 Å². The summed E-state index contributed by atoms with van der Waals surface area (Å²) in [5.74, 6) is -3.45. The van der Waals surface area contributed by atoms with Crippen molar-refractivity contribution in [3.05, 3.63) is 29.8 Å². The Labute approximate surface area is 120 Å². The molecule has 21 heavy (non-hydrogen) atoms. The highest BCUT2D eigenvalue weighted by Gasteiger charge is 2.32. The molecule has 0 radical (unpaired) electrons. The van der Waals surface area contributed by atoms with Gasteiger partial charge in [-0.05, 0) is 25.5 Å². The molecule has 2 atom stereocenters. The third-order valence-electron chi connectivity index (χ3n) is 3.56. The Morgan fingerprint density at radius 3 is 2.76 bits per heavy atom. The van der Waals surface area contributed by atoms with Crippen LogP contribution in [0.5, 0.6) is 0 Å². The minimum atomic E-state index is -1.02. The maximum absolute atomic E-state index is 13.4. The molecule has 0 aromatic heterocycles. The Morgan fingerprint density at radius 1 is 1.43 bits per heavy atom. The molecule has 0 bridgehead atoms. The summed E-state index contributed by atoms with van der Waals surface area (Å²) in [6.45, 7) is 2.25. The number of likely N-dealkylation sites (tertiary alicyclic amines) is 1. The summed E-state index contributed by atoms with van der Waals surface area (Å²) in [7, 11) is 0. The van der Waals surface area contributed by atoms with Crippen LogP contribution in [0.15, 0.2) is 18.2 Å². The molecule has 2 rings (SSSR count). The number of aliphatic hydroxyl groups excluding tert-OH is 1. The second kappa shape index (κ2) is 6.17. The molecule has 1 fully saturated rings. The van der Waals surface area contributed by atoms with Crippen molar-refractivity contribution in [2.45, 2.75) is 19.4 Å². The topological polar surface area (TPSA) is 69.6 Å². The van der Waals surface area contributed by atoms with E-state index in [9.17, 15) is 23.5 Å². The SMILES string of the molecule is CC(O)C1CCN(C(=O)C(=O)Nc2cc(F)ccc2F)C1. The van der Waals surface area contributed by atoms with Crippen LogP contribution in [0.4, 0.5) is 14.5 Å². The number of hydrogen-bond donors (Lipinski definition) is 2. The fraction of sp³-hybridized carbons (Fsp3) is 0.429. The summed E-state index contributed by atoms with van der Waals surface area (Å²) in [4.78, 5) is 25.0. The lowest BCUT2D eigenvalue weighted by atomic mass is 10.0. The molecule has 0 spiro atoms. The minimum absolute atomic E-state index is 0.0762. The summed E-state index contributed by atoms with van der Waals surface area (Å²) < 4.78 is 26.4. The molecule has 1 heterocycles. The average molecular weight is 298 g/mol. The summed E-state index contributed by atoms with van der Waals surface area (Å²) >= 11 is 0. The van der Waals surface area contributed by atoms with Crippen molar-refractivity contribution in [3.63, 3.8) is 0 Å². The number of carbonyl (C=O) groups excluding carboxylic acids is 2. The summed E-state index contributed by atoms with van der Waals surface area (Å²) in [6, 6.07) is 2.60. The van der Waals surface area contributed by atoms with E-state index in [0.717, 1.165) is 18.2 Å². The maximum Gasteiger partial charge on any atom is 0.313 e. The van der Waals surface area contributed by atoms with E-state index in [0.29, 0.717) is 13.0 Å². The monoisotopic (exact) mass is 298 g/mol. The van der Waals surface area contributed by atoms with E-state index < -0.39 is 29.6 Å². The van der Waals surface area contributed by atoms with Gasteiger partial charge in [0.1, 0.15) is 11.6 Å². The molecule has 7 heteroatoms. The van der Waals surface area contributed by atoms with Gasteiger partial charge in [-0.25, -0.2) is 8.78 Å². The highest BCUT2D eigenvalue weighted by atomic mass is 19.1. The molecule has 2 N–H and O–H groups in total. The maximum atomic E-state index is 13.4. The highest BCUT2D eigenvalue weighted by Crippen LogP contribution is 2.20. The number of hydrogen-bond acceptors (Lipinski definition) is 3. The van der Waals surface area contributed by atoms with Crippen LogP contribution in [0.25, 0.3) is 0 Å². The largest absolute Gasteiger partial charge is 0.393 e. The number of rotatable bonds is 2. The van der Waals surface area contributed by atoms with E-state index in [-0.39, 0.29) is 18.2 Å². The van der Waals surface area contributed by atoms with Gasteiger partial charge in [-0.2, -0.15) is 0 Å². The molecule has 1 saturated heterocycles. The average Bonchev–Trinajstić information content (AvgIpc) is 2.91. The Hall–Kier alpha value is -2.02. The third-order valence-corrected chi connectivity index (χ3v) is 3.56. The van der Waals surface area contributed by atoms with Gasteiger partial charge < -0.3 is 15.3 Å². The zero-order valence-electron chi connectivity index (χ0n) is 11.5. The second-order valence-corrected chi connectivity index (χ2v) is 5.12. The smallest absolute Gasteiger partial charge is 0.313 e. The normalized spacial score (nSPS) is 19.4. The van der Waals surface area contributed by atoms with Crippen LogP contribution < -0.4 is 5.32 Å². The van der Waals surface area contributed by atoms with Crippen molar-refractivity contribution in [1.82, 2.24) is 4.90 Å². The predicted molar refractivity (Wildman–Crippen MR) is 71.4 cm³/mol. The van der Waals surface area contributed by atoms with E-state index in [1.807, 2.05) is 0 Å². The van der Waals surface area contributed by atoms with Gasteiger partial charge in [0.2, 0.25) is 0 Å². The van der Waals surface area contributed by atoms with Gasteiger partial charge in [-0.15, -0.1) is 0 Å². The third kappa shape index (κ3) is 3.55. The van der Waals surface area contributed by atoms with E-state index in [2.05, 4.69) is 5.32 Å². The lowest BCUT2D eigenvalue weighted by Gasteiger charge is -2.17. The number of carbonyl (C=O) groups is 2. The van der Waals surface area contributed by atoms with Crippen LogP contribution in [0.1, 0.15) is 13.3 Å². The van der Waals surface area contributed by atoms with Gasteiger partial charge in [-0.3, -0.25) is 9.59 Å². The van der Waals surface area contributed by atoms with Crippen molar-refractivity contribution in [3.8, 4) is 0 Å². The molecule has 0 saturated carbocycles. The first kappa shape index (κ1) is 15.4. The Balaban J connectivity index is 2.00. The van der Waals surface area contributed by atoms with Gasteiger partial charge in [0.05, 0.1) is 11.8 Å². The van der Waals surface area contributed by atoms with E-state index >= 15 is 0 Å². The molecule has 1 aliphatic heterocycles. The van der Waals surface area contributed by atoms with E-state index in [1.54, 1.807) is 6.92 Å². The van der Waals surface area contributed by atoms with Crippen molar-refractivity contribution < 1.29 is 23.5 Å². The molecule has 2 amide bonds.